The lowest BCUT2D eigenvalue weighted by Gasteiger charge is -2.16. The summed E-state index contributed by atoms with van der Waals surface area (Å²) in [6.07, 6.45) is 1.58. The molecule has 0 atom stereocenters. The molecule has 2 N–H and O–H groups in total. The van der Waals surface area contributed by atoms with Crippen molar-refractivity contribution in [2.45, 2.75) is 5.92 Å². The van der Waals surface area contributed by atoms with Gasteiger partial charge in [0.2, 0.25) is 0 Å². The lowest BCUT2D eigenvalue weighted by molar-refractivity contribution is -0.121. The second-order valence-corrected chi connectivity index (χ2v) is 8.15. The summed E-state index contributed by atoms with van der Waals surface area (Å²) in [7, 11) is 0. The third-order valence-corrected chi connectivity index (χ3v) is 5.60. The van der Waals surface area contributed by atoms with Gasteiger partial charge in [0.1, 0.15) is 5.75 Å². The Morgan fingerprint density at radius 2 is 1.41 bits per heavy atom. The van der Waals surface area contributed by atoms with Crippen molar-refractivity contribution in [3.05, 3.63) is 96.6 Å². The molecule has 27 heavy (non-hydrogen) atoms. The van der Waals surface area contributed by atoms with Gasteiger partial charge in [-0.05, 0) is 74.0 Å². The van der Waals surface area contributed by atoms with E-state index in [0.29, 0.717) is 0 Å². The average molecular weight is 582 g/mol. The number of hydrazone groups is 1. The van der Waals surface area contributed by atoms with Gasteiger partial charge in [-0.1, -0.05) is 60.7 Å². The molecule has 0 aliphatic heterocycles. The lowest BCUT2D eigenvalue weighted by atomic mass is 9.91. The molecule has 0 heterocycles. The van der Waals surface area contributed by atoms with Crippen molar-refractivity contribution in [3.63, 3.8) is 0 Å². The first kappa shape index (κ1) is 19.8. The molecule has 136 valence electrons. The standard InChI is InChI=1S/C21H16I2N2O2/c22-17-11-14(12-18(23)20(17)26)13-24-25-21(27)19(15-7-3-1-4-8-15)16-9-5-2-6-10-16/h1-13,19,26H,(H,25,27)/b24-13+. The molecule has 3 aromatic carbocycles. The molecule has 0 spiro atoms. The van der Waals surface area contributed by atoms with Crippen LogP contribution in [0.15, 0.2) is 77.9 Å². The van der Waals surface area contributed by atoms with Crippen molar-refractivity contribution in [1.29, 1.82) is 0 Å². The van der Waals surface area contributed by atoms with Gasteiger partial charge in [0.15, 0.2) is 0 Å². The fourth-order valence-corrected chi connectivity index (χ4v) is 4.50. The quantitative estimate of drug-likeness (QED) is 0.256. The highest BCUT2D eigenvalue weighted by atomic mass is 127. The van der Waals surface area contributed by atoms with Crippen LogP contribution in [0.2, 0.25) is 0 Å². The zero-order valence-electron chi connectivity index (χ0n) is 14.1. The Hall–Kier alpha value is -1.94. The maximum absolute atomic E-state index is 12.9. The molecule has 0 saturated heterocycles. The Balaban J connectivity index is 1.81. The second kappa shape index (κ2) is 9.32. The average Bonchev–Trinajstić information content (AvgIpc) is 2.68. The van der Waals surface area contributed by atoms with Crippen molar-refractivity contribution >= 4 is 57.3 Å². The van der Waals surface area contributed by atoms with Gasteiger partial charge in [0.05, 0.1) is 19.3 Å². The zero-order chi connectivity index (χ0) is 19.2. The van der Waals surface area contributed by atoms with E-state index in [-0.39, 0.29) is 11.7 Å². The van der Waals surface area contributed by atoms with Gasteiger partial charge < -0.3 is 5.11 Å². The van der Waals surface area contributed by atoms with E-state index in [1.54, 1.807) is 18.3 Å². The van der Waals surface area contributed by atoms with E-state index in [0.717, 1.165) is 23.8 Å². The lowest BCUT2D eigenvalue weighted by Crippen LogP contribution is -2.26. The summed E-state index contributed by atoms with van der Waals surface area (Å²) < 4.78 is 1.47. The van der Waals surface area contributed by atoms with Gasteiger partial charge in [-0.25, -0.2) is 5.43 Å². The molecule has 3 rings (SSSR count). The number of carbonyl (C=O) groups is 1. The molecular weight excluding hydrogens is 566 g/mol. The Labute approximate surface area is 185 Å². The summed E-state index contributed by atoms with van der Waals surface area (Å²) in [6.45, 7) is 0. The first-order chi connectivity index (χ1) is 13.1. The minimum atomic E-state index is -0.440. The fraction of sp³-hybridized carbons (Fsp3) is 0.0476. The van der Waals surface area contributed by atoms with Crippen molar-refractivity contribution in [2.75, 3.05) is 0 Å². The first-order valence-electron chi connectivity index (χ1n) is 8.17. The molecule has 0 aliphatic rings. The van der Waals surface area contributed by atoms with Gasteiger partial charge >= 0.3 is 0 Å². The number of aromatic hydroxyl groups is 1. The zero-order valence-corrected chi connectivity index (χ0v) is 18.5. The van der Waals surface area contributed by atoms with E-state index in [4.69, 9.17) is 0 Å². The summed E-state index contributed by atoms with van der Waals surface area (Å²) in [5.74, 6) is -0.387. The number of hydrogen-bond acceptors (Lipinski definition) is 3. The van der Waals surface area contributed by atoms with Gasteiger partial charge in [0, 0.05) is 0 Å². The molecule has 3 aromatic rings. The molecule has 6 heteroatoms. The number of rotatable bonds is 5. The largest absolute Gasteiger partial charge is 0.506 e. The Bertz CT molecular complexity index is 898. The van der Waals surface area contributed by atoms with Crippen molar-refractivity contribution in [2.24, 2.45) is 5.10 Å². The van der Waals surface area contributed by atoms with Crippen LogP contribution in [0, 0.1) is 7.14 Å². The monoisotopic (exact) mass is 582 g/mol. The van der Waals surface area contributed by atoms with E-state index in [9.17, 15) is 9.90 Å². The number of benzene rings is 3. The van der Waals surface area contributed by atoms with E-state index in [1.807, 2.05) is 60.7 Å². The minimum absolute atomic E-state index is 0.202. The normalized spacial score (nSPS) is 11.1. The van der Waals surface area contributed by atoms with Crippen LogP contribution in [-0.2, 0) is 4.79 Å². The molecule has 1 amide bonds. The number of phenolic OH excluding ortho intramolecular Hbond substituents is 1. The number of amides is 1. The van der Waals surface area contributed by atoms with Crippen molar-refractivity contribution < 1.29 is 9.90 Å². The van der Waals surface area contributed by atoms with Gasteiger partial charge in [-0.2, -0.15) is 5.10 Å². The predicted octanol–water partition coefficient (Wildman–Crippen LogP) is 4.88. The number of hydrogen-bond donors (Lipinski definition) is 2. The summed E-state index contributed by atoms with van der Waals surface area (Å²) >= 11 is 4.13. The van der Waals surface area contributed by atoms with Crippen LogP contribution in [0.5, 0.6) is 5.75 Å². The van der Waals surface area contributed by atoms with Crippen LogP contribution in [0.1, 0.15) is 22.6 Å². The number of halogens is 2. The first-order valence-corrected chi connectivity index (χ1v) is 10.3. The van der Waals surface area contributed by atoms with E-state index < -0.39 is 5.92 Å². The third-order valence-electron chi connectivity index (χ3n) is 3.96. The summed E-state index contributed by atoms with van der Waals surface area (Å²) in [6, 6.07) is 22.9. The third kappa shape index (κ3) is 5.07. The summed E-state index contributed by atoms with van der Waals surface area (Å²) in [5.41, 5.74) is 5.26. The maximum atomic E-state index is 12.9. The molecule has 0 saturated carbocycles. The Kier molecular flexibility index (Phi) is 6.84. The number of carbonyl (C=O) groups excluding carboxylic acids is 1. The van der Waals surface area contributed by atoms with Crippen LogP contribution in [0.4, 0.5) is 0 Å². The molecule has 0 aliphatic carbocycles. The Morgan fingerprint density at radius 3 is 1.89 bits per heavy atom. The molecule has 0 radical (unpaired) electrons. The topological polar surface area (TPSA) is 61.7 Å². The van der Waals surface area contributed by atoms with Gasteiger partial charge in [-0.15, -0.1) is 0 Å². The second-order valence-electron chi connectivity index (χ2n) is 5.82. The van der Waals surface area contributed by atoms with Crippen LogP contribution in [-0.4, -0.2) is 17.2 Å². The SMILES string of the molecule is O=C(N/N=C/c1cc(I)c(O)c(I)c1)C(c1ccccc1)c1ccccc1. The number of phenols is 1. The minimum Gasteiger partial charge on any atom is -0.506 e. The highest BCUT2D eigenvalue weighted by molar-refractivity contribution is 14.1. The summed E-state index contributed by atoms with van der Waals surface area (Å²) in [4.78, 5) is 12.9. The van der Waals surface area contributed by atoms with Crippen LogP contribution in [0.3, 0.4) is 0 Å². The van der Waals surface area contributed by atoms with Crippen LogP contribution >= 0.6 is 45.2 Å². The fourth-order valence-electron chi connectivity index (χ4n) is 2.68. The molecular formula is C21H16I2N2O2. The van der Waals surface area contributed by atoms with E-state index in [2.05, 4.69) is 55.7 Å². The predicted molar refractivity (Wildman–Crippen MR) is 124 cm³/mol. The van der Waals surface area contributed by atoms with Crippen molar-refractivity contribution in [1.82, 2.24) is 5.43 Å². The summed E-state index contributed by atoms with van der Waals surface area (Å²) in [5, 5.41) is 14.0. The van der Waals surface area contributed by atoms with Gasteiger partial charge in [0.25, 0.3) is 5.91 Å². The molecule has 0 bridgehead atoms. The van der Waals surface area contributed by atoms with Crippen molar-refractivity contribution in [3.8, 4) is 5.75 Å². The van der Waals surface area contributed by atoms with Crippen LogP contribution < -0.4 is 5.43 Å². The molecule has 0 fully saturated rings. The van der Waals surface area contributed by atoms with Crippen LogP contribution in [0.25, 0.3) is 0 Å². The number of nitrogens with zero attached hydrogens (tertiary/aromatic N) is 1. The maximum Gasteiger partial charge on any atom is 0.252 e. The highest BCUT2D eigenvalue weighted by Gasteiger charge is 2.22. The van der Waals surface area contributed by atoms with E-state index >= 15 is 0 Å². The van der Waals surface area contributed by atoms with Gasteiger partial charge in [-0.3, -0.25) is 4.79 Å². The number of nitrogens with one attached hydrogen (secondary N) is 1. The molecule has 4 nitrogen and oxygen atoms in total. The Morgan fingerprint density at radius 1 is 0.926 bits per heavy atom. The highest BCUT2D eigenvalue weighted by Crippen LogP contribution is 2.27. The van der Waals surface area contributed by atoms with E-state index in [1.165, 1.54) is 0 Å². The smallest absolute Gasteiger partial charge is 0.252 e. The molecule has 0 aromatic heterocycles. The molecule has 0 unspecified atom stereocenters.